The minimum Gasteiger partial charge on any atom is -0.375 e. The molecule has 8 N–H and O–H groups in total. The average Bonchev–Trinajstić information content (AvgIpc) is 4.14. The molecule has 0 spiro atoms. The van der Waals surface area contributed by atoms with Crippen molar-refractivity contribution < 1.29 is 52.6 Å². The molecule has 0 bridgehead atoms. The lowest BCUT2D eigenvalue weighted by Crippen LogP contribution is -2.57. The summed E-state index contributed by atoms with van der Waals surface area (Å²) in [6.45, 7) is 29.9. The minimum absolute atomic E-state index is 0.00904. The van der Waals surface area contributed by atoms with E-state index in [9.17, 15) is 43.2 Å². The van der Waals surface area contributed by atoms with Gasteiger partial charge in [0.15, 0.2) is 0 Å². The van der Waals surface area contributed by atoms with Gasteiger partial charge in [0, 0.05) is 62.7 Å². The number of nitrogens with zero attached hydrogens (tertiary/aromatic N) is 3. The first-order valence-electron chi connectivity index (χ1n) is 31.2. The number of rotatable bonds is 39. The van der Waals surface area contributed by atoms with Crippen LogP contribution in [0.5, 0.6) is 0 Å². The Morgan fingerprint density at radius 1 is 0.706 bits per heavy atom. The summed E-state index contributed by atoms with van der Waals surface area (Å²) in [4.78, 5) is 124. The van der Waals surface area contributed by atoms with E-state index in [-0.39, 0.29) is 116 Å². The number of ketones is 1. The molecule has 4 unspecified atom stereocenters. The van der Waals surface area contributed by atoms with Crippen molar-refractivity contribution in [3.8, 4) is 0 Å². The standard InChI is InChI=1S/C64H112N10O11/c1-19-43(8)51(73(18)61(82)55(41(4)5)71-60(81)56(42(6)7)72(16)17)28-29-53(77)74-35-21-22-49(74)38-44(9)57(78)67-45(10)39-47-24-26-48(27-25-47)68-58(79)50(23-20-34-66-62(65)83)69-59(80)54(40(2)3)70-52(76)31-36-84-64(14,15)33-37-85-63(12,13)32-30-46(11)75/h24-27,40-45,49-51,54-56H,19-23,28-39H2,1-18H3,(H,67,78)(H,68,79)(H,69,80)(H,70,76)(H,71,81)(H3,65,66,83)/t43-,44+,45+,49-,50-,51?,54?,55?,56?/m0/s1. The number of amides is 9. The van der Waals surface area contributed by atoms with E-state index in [1.807, 2.05) is 105 Å². The second kappa shape index (κ2) is 36.5. The number of urea groups is 1. The first-order valence-corrected chi connectivity index (χ1v) is 31.2. The number of likely N-dealkylation sites (tertiary alicyclic amines) is 1. The Labute approximate surface area is 509 Å². The molecule has 1 fully saturated rings. The number of carbonyl (C=O) groups excluding carboxylic acids is 9. The van der Waals surface area contributed by atoms with E-state index in [4.69, 9.17) is 15.2 Å². The van der Waals surface area contributed by atoms with Crippen LogP contribution in [-0.2, 0) is 54.3 Å². The second-order valence-electron chi connectivity index (χ2n) is 26.3. The van der Waals surface area contributed by atoms with Gasteiger partial charge < -0.3 is 61.7 Å². The summed E-state index contributed by atoms with van der Waals surface area (Å²) >= 11 is 0. The molecule has 0 aliphatic carbocycles. The fourth-order valence-electron chi connectivity index (χ4n) is 10.9. The van der Waals surface area contributed by atoms with Gasteiger partial charge in [-0.3, -0.25) is 38.5 Å². The van der Waals surface area contributed by atoms with Crippen LogP contribution in [-0.4, -0.2) is 169 Å². The van der Waals surface area contributed by atoms with Crippen LogP contribution in [0.4, 0.5) is 10.5 Å². The summed E-state index contributed by atoms with van der Waals surface area (Å²) in [5, 5.41) is 17.2. The highest BCUT2D eigenvalue weighted by atomic mass is 16.5. The van der Waals surface area contributed by atoms with Crippen LogP contribution in [0.25, 0.3) is 0 Å². The molecule has 1 aliphatic heterocycles. The Kier molecular flexibility index (Phi) is 32.4. The number of hydrogen-bond donors (Lipinski definition) is 7. The quantitative estimate of drug-likeness (QED) is 0.0332. The van der Waals surface area contributed by atoms with E-state index in [2.05, 4.69) is 45.7 Å². The van der Waals surface area contributed by atoms with Crippen molar-refractivity contribution in [2.24, 2.45) is 35.3 Å². The van der Waals surface area contributed by atoms with Crippen LogP contribution in [0.3, 0.4) is 0 Å². The lowest BCUT2D eigenvalue weighted by Gasteiger charge is -2.37. The molecule has 85 heavy (non-hydrogen) atoms. The molecule has 0 aromatic heterocycles. The Hall–Kier alpha value is -5.67. The molecular formula is C64H112N10O11. The van der Waals surface area contributed by atoms with E-state index >= 15 is 0 Å². The van der Waals surface area contributed by atoms with Crippen molar-refractivity contribution in [1.82, 2.24) is 41.3 Å². The SMILES string of the molecule is CC[C@H](C)C(CCC(=O)N1CCC[C@H]1C[C@@H](C)C(=O)N[C@H](C)Cc1ccc(NC(=O)[C@H](CCCNC(N)=O)NC(=O)C(NC(=O)CCOC(C)(C)CCOC(C)(C)CCC(C)=O)C(C)C)cc1)N(C)C(=O)C(NC(=O)C(C(C)C)N(C)C)C(C)C. The normalized spacial score (nSPS) is 16.6. The van der Waals surface area contributed by atoms with Crippen molar-refractivity contribution in [2.75, 3.05) is 52.8 Å². The number of carbonyl (C=O) groups is 9. The molecule has 1 aromatic carbocycles. The first-order chi connectivity index (χ1) is 39.6. The Bertz CT molecular complexity index is 2300. The van der Waals surface area contributed by atoms with Crippen molar-refractivity contribution in [1.29, 1.82) is 0 Å². The summed E-state index contributed by atoms with van der Waals surface area (Å²) < 4.78 is 12.1. The highest BCUT2D eigenvalue weighted by Gasteiger charge is 2.37. The highest BCUT2D eigenvalue weighted by molar-refractivity contribution is 5.98. The number of hydrogen-bond acceptors (Lipinski definition) is 12. The third kappa shape index (κ3) is 27.3. The Morgan fingerprint density at radius 2 is 1.32 bits per heavy atom. The van der Waals surface area contributed by atoms with Crippen molar-refractivity contribution in [2.45, 2.75) is 241 Å². The molecule has 1 aliphatic rings. The van der Waals surface area contributed by atoms with Gasteiger partial charge in [-0.15, -0.1) is 0 Å². The zero-order valence-corrected chi connectivity index (χ0v) is 55.2. The van der Waals surface area contributed by atoms with Crippen LogP contribution in [0.2, 0.25) is 0 Å². The monoisotopic (exact) mass is 1200 g/mol. The third-order valence-corrected chi connectivity index (χ3v) is 16.4. The molecule has 0 saturated carbocycles. The van der Waals surface area contributed by atoms with Gasteiger partial charge in [0.25, 0.3) is 0 Å². The molecule has 21 nitrogen and oxygen atoms in total. The molecule has 21 heteroatoms. The average molecular weight is 1200 g/mol. The predicted octanol–water partition coefficient (Wildman–Crippen LogP) is 6.88. The van der Waals surface area contributed by atoms with E-state index in [1.165, 1.54) is 0 Å². The number of ether oxygens (including phenoxy) is 2. The maximum Gasteiger partial charge on any atom is 0.312 e. The smallest absolute Gasteiger partial charge is 0.312 e. The van der Waals surface area contributed by atoms with Crippen LogP contribution in [0.15, 0.2) is 24.3 Å². The van der Waals surface area contributed by atoms with E-state index in [0.29, 0.717) is 63.8 Å². The molecule has 0 radical (unpaired) electrons. The number of likely N-dealkylation sites (N-methyl/N-ethyl adjacent to an activating group) is 2. The van der Waals surface area contributed by atoms with Crippen LogP contribution in [0.1, 0.15) is 186 Å². The van der Waals surface area contributed by atoms with Gasteiger partial charge in [-0.25, -0.2) is 4.79 Å². The largest absolute Gasteiger partial charge is 0.375 e. The van der Waals surface area contributed by atoms with E-state index in [0.717, 1.165) is 24.8 Å². The van der Waals surface area contributed by atoms with Gasteiger partial charge in [0.2, 0.25) is 41.4 Å². The van der Waals surface area contributed by atoms with Gasteiger partial charge in [0.1, 0.15) is 23.9 Å². The summed E-state index contributed by atoms with van der Waals surface area (Å²) in [6.07, 6.45) is 6.26. The highest BCUT2D eigenvalue weighted by Crippen LogP contribution is 2.28. The summed E-state index contributed by atoms with van der Waals surface area (Å²) in [6, 6.07) is 2.83. The fourth-order valence-corrected chi connectivity index (χ4v) is 10.9. The maximum absolute atomic E-state index is 14.1. The molecule has 9 atom stereocenters. The van der Waals surface area contributed by atoms with Gasteiger partial charge in [-0.1, -0.05) is 80.9 Å². The van der Waals surface area contributed by atoms with Gasteiger partial charge in [-0.05, 0) is 155 Å². The van der Waals surface area contributed by atoms with Crippen LogP contribution >= 0.6 is 0 Å². The number of primary amides is 1. The third-order valence-electron chi connectivity index (χ3n) is 16.4. The summed E-state index contributed by atoms with van der Waals surface area (Å²) in [5.41, 5.74) is 5.58. The van der Waals surface area contributed by atoms with Gasteiger partial charge in [0.05, 0.1) is 36.9 Å². The van der Waals surface area contributed by atoms with Gasteiger partial charge in [-0.2, -0.15) is 0 Å². The van der Waals surface area contributed by atoms with Crippen molar-refractivity contribution >= 4 is 58.9 Å². The van der Waals surface area contributed by atoms with E-state index < -0.39 is 53.1 Å². The molecule has 9 amide bonds. The molecule has 484 valence electrons. The molecule has 1 heterocycles. The summed E-state index contributed by atoms with van der Waals surface area (Å²) in [5.74, 6) is -2.48. The van der Waals surface area contributed by atoms with Crippen LogP contribution in [0, 0.1) is 29.6 Å². The minimum atomic E-state index is -1.03. The van der Waals surface area contributed by atoms with E-state index in [1.54, 1.807) is 44.9 Å². The van der Waals surface area contributed by atoms with Crippen molar-refractivity contribution in [3.05, 3.63) is 29.8 Å². The Morgan fingerprint density at radius 3 is 1.88 bits per heavy atom. The number of nitrogens with one attached hydrogen (secondary N) is 6. The topological polar surface area (TPSA) is 280 Å². The van der Waals surface area contributed by atoms with Crippen molar-refractivity contribution in [3.63, 3.8) is 0 Å². The number of Topliss-reactive ketones (excluding diaryl/α,β-unsaturated/α-hetero) is 1. The molecular weight excluding hydrogens is 1080 g/mol. The zero-order chi connectivity index (χ0) is 64.5. The Balaban J connectivity index is 2.02. The number of nitrogens with two attached hydrogens (primary N) is 1. The second-order valence-corrected chi connectivity index (χ2v) is 26.3. The predicted molar refractivity (Wildman–Crippen MR) is 334 cm³/mol. The number of benzene rings is 1. The first kappa shape index (κ1) is 75.4. The maximum atomic E-state index is 14.1. The fraction of sp³-hybridized carbons (Fsp3) is 0.766. The lowest BCUT2D eigenvalue weighted by atomic mass is 9.91. The number of anilines is 1. The molecule has 2 rings (SSSR count). The van der Waals surface area contributed by atoms with Crippen LogP contribution < -0.4 is 37.6 Å². The van der Waals surface area contributed by atoms with Gasteiger partial charge >= 0.3 is 6.03 Å². The summed E-state index contributed by atoms with van der Waals surface area (Å²) in [7, 11) is 5.50. The molecule has 1 saturated heterocycles. The lowest BCUT2D eigenvalue weighted by molar-refractivity contribution is -0.141. The molecule has 1 aromatic rings. The zero-order valence-electron chi connectivity index (χ0n) is 55.2.